The average Bonchev–Trinajstić information content (AvgIpc) is 2.14. The van der Waals surface area contributed by atoms with Crippen LogP contribution in [0.5, 0.6) is 0 Å². The molecule has 0 spiro atoms. The van der Waals surface area contributed by atoms with E-state index >= 15 is 0 Å². The Hall–Kier alpha value is -0.610. The van der Waals surface area contributed by atoms with Crippen molar-refractivity contribution in [1.82, 2.24) is 5.43 Å². The van der Waals surface area contributed by atoms with Gasteiger partial charge < -0.3 is 15.3 Å². The second-order valence-corrected chi connectivity index (χ2v) is 3.53. The molecule has 1 saturated heterocycles. The van der Waals surface area contributed by atoms with Gasteiger partial charge in [-0.2, -0.15) is 5.10 Å². The van der Waals surface area contributed by atoms with Crippen molar-refractivity contribution >= 4 is 5.71 Å². The van der Waals surface area contributed by atoms with Gasteiger partial charge in [0.1, 0.15) is 0 Å². The summed E-state index contributed by atoms with van der Waals surface area (Å²) >= 11 is 0. The Morgan fingerprint density at radius 1 is 1.77 bits per heavy atom. The maximum absolute atomic E-state index is 8.76. The zero-order valence-electron chi connectivity index (χ0n) is 8.29. The zero-order chi connectivity index (χ0) is 9.68. The molecular weight excluding hydrogens is 168 g/mol. The first-order chi connectivity index (χ1) is 6.22. The van der Waals surface area contributed by atoms with Gasteiger partial charge in [0.15, 0.2) is 0 Å². The summed E-state index contributed by atoms with van der Waals surface area (Å²) < 4.78 is 5.38. The first-order valence-electron chi connectivity index (χ1n) is 4.75. The number of aliphatic hydroxyl groups is 1. The monoisotopic (exact) mass is 186 g/mol. The highest BCUT2D eigenvalue weighted by Gasteiger charge is 2.14. The molecule has 1 aliphatic rings. The van der Waals surface area contributed by atoms with Crippen LogP contribution in [0.1, 0.15) is 26.7 Å². The number of nitrogens with zero attached hydrogens (tertiary/aromatic N) is 1. The SMILES string of the molecule is CC(CO)N/N=C1/CCOC(C)C1. The normalized spacial score (nSPS) is 28.8. The van der Waals surface area contributed by atoms with Crippen LogP contribution >= 0.6 is 0 Å². The van der Waals surface area contributed by atoms with Crippen molar-refractivity contribution in [1.29, 1.82) is 0 Å². The van der Waals surface area contributed by atoms with Crippen molar-refractivity contribution in [3.63, 3.8) is 0 Å². The minimum atomic E-state index is 0.0330. The average molecular weight is 186 g/mol. The highest BCUT2D eigenvalue weighted by molar-refractivity contribution is 5.85. The van der Waals surface area contributed by atoms with Gasteiger partial charge in [-0.3, -0.25) is 0 Å². The van der Waals surface area contributed by atoms with E-state index < -0.39 is 0 Å². The Labute approximate surface area is 79.0 Å². The topological polar surface area (TPSA) is 53.8 Å². The Morgan fingerprint density at radius 2 is 2.54 bits per heavy atom. The lowest BCUT2D eigenvalue weighted by molar-refractivity contribution is 0.0630. The van der Waals surface area contributed by atoms with E-state index in [0.717, 1.165) is 25.2 Å². The third kappa shape index (κ3) is 3.74. The molecule has 0 bridgehead atoms. The van der Waals surface area contributed by atoms with Crippen LogP contribution in [-0.2, 0) is 4.74 Å². The summed E-state index contributed by atoms with van der Waals surface area (Å²) in [4.78, 5) is 0. The van der Waals surface area contributed by atoms with Gasteiger partial charge in [-0.25, -0.2) is 0 Å². The van der Waals surface area contributed by atoms with Gasteiger partial charge in [-0.05, 0) is 13.8 Å². The maximum atomic E-state index is 8.76. The van der Waals surface area contributed by atoms with Crippen LogP contribution in [-0.4, -0.2) is 36.2 Å². The largest absolute Gasteiger partial charge is 0.394 e. The van der Waals surface area contributed by atoms with Crippen LogP contribution in [0.15, 0.2) is 5.10 Å². The quantitative estimate of drug-likeness (QED) is 0.631. The molecule has 0 aromatic rings. The molecule has 4 heteroatoms. The highest BCUT2D eigenvalue weighted by atomic mass is 16.5. The lowest BCUT2D eigenvalue weighted by Gasteiger charge is -2.21. The third-order valence-corrected chi connectivity index (χ3v) is 2.03. The van der Waals surface area contributed by atoms with E-state index in [1.54, 1.807) is 0 Å². The Kier molecular flexibility index (Phi) is 4.18. The van der Waals surface area contributed by atoms with Crippen LogP contribution in [0.3, 0.4) is 0 Å². The smallest absolute Gasteiger partial charge is 0.0646 e. The van der Waals surface area contributed by atoms with Crippen LogP contribution in [0, 0.1) is 0 Å². The molecule has 1 fully saturated rings. The number of hydrogen-bond donors (Lipinski definition) is 2. The number of ether oxygens (including phenoxy) is 1. The van der Waals surface area contributed by atoms with Crippen molar-refractivity contribution < 1.29 is 9.84 Å². The van der Waals surface area contributed by atoms with Crippen LogP contribution < -0.4 is 5.43 Å². The molecule has 76 valence electrons. The summed E-state index contributed by atoms with van der Waals surface area (Å²) in [5.41, 5.74) is 4.04. The van der Waals surface area contributed by atoms with E-state index in [1.165, 1.54) is 0 Å². The zero-order valence-corrected chi connectivity index (χ0v) is 8.29. The molecule has 1 aliphatic heterocycles. The van der Waals surface area contributed by atoms with Crippen LogP contribution in [0.25, 0.3) is 0 Å². The van der Waals surface area contributed by atoms with Gasteiger partial charge in [0.25, 0.3) is 0 Å². The molecule has 0 aromatic carbocycles. The minimum absolute atomic E-state index is 0.0330. The Balaban J connectivity index is 2.32. The molecule has 0 saturated carbocycles. The van der Waals surface area contributed by atoms with Crippen LogP contribution in [0.2, 0.25) is 0 Å². The summed E-state index contributed by atoms with van der Waals surface area (Å²) in [6.07, 6.45) is 2.07. The predicted molar refractivity (Wildman–Crippen MR) is 51.8 cm³/mol. The second kappa shape index (κ2) is 5.19. The number of rotatable bonds is 3. The molecule has 0 aliphatic carbocycles. The van der Waals surface area contributed by atoms with E-state index in [1.807, 2.05) is 13.8 Å². The summed E-state index contributed by atoms with van der Waals surface area (Å²) in [6, 6.07) is 0.0330. The standard InChI is InChI=1S/C9H18N2O2/c1-7(6-12)10-11-9-3-4-13-8(2)5-9/h7-8,10,12H,3-6H2,1-2H3/b11-9-. The fraction of sp³-hybridized carbons (Fsp3) is 0.889. The van der Waals surface area contributed by atoms with Crippen LogP contribution in [0.4, 0.5) is 0 Å². The Bertz CT molecular complexity index is 182. The van der Waals surface area contributed by atoms with Crippen molar-refractivity contribution in [2.45, 2.75) is 38.8 Å². The summed E-state index contributed by atoms with van der Waals surface area (Å²) in [7, 11) is 0. The molecular formula is C9H18N2O2. The number of nitrogens with one attached hydrogen (secondary N) is 1. The lowest BCUT2D eigenvalue weighted by atomic mass is 10.1. The first kappa shape index (κ1) is 10.5. The molecule has 1 rings (SSSR count). The molecule has 13 heavy (non-hydrogen) atoms. The van der Waals surface area contributed by atoms with Gasteiger partial charge in [-0.1, -0.05) is 0 Å². The minimum Gasteiger partial charge on any atom is -0.394 e. The van der Waals surface area contributed by atoms with Gasteiger partial charge >= 0.3 is 0 Å². The maximum Gasteiger partial charge on any atom is 0.0646 e. The fourth-order valence-corrected chi connectivity index (χ4v) is 1.21. The molecule has 0 radical (unpaired) electrons. The van der Waals surface area contributed by atoms with E-state index in [4.69, 9.17) is 9.84 Å². The molecule has 0 aromatic heterocycles. The van der Waals surface area contributed by atoms with E-state index in [2.05, 4.69) is 10.5 Å². The highest BCUT2D eigenvalue weighted by Crippen LogP contribution is 2.09. The number of aliphatic hydroxyl groups excluding tert-OH is 1. The molecule has 4 nitrogen and oxygen atoms in total. The summed E-state index contributed by atoms with van der Waals surface area (Å²) in [6.45, 7) is 4.81. The summed E-state index contributed by atoms with van der Waals surface area (Å²) in [5, 5.41) is 13.0. The predicted octanol–water partition coefficient (Wildman–Crippen LogP) is 0.512. The van der Waals surface area contributed by atoms with Gasteiger partial charge in [-0.15, -0.1) is 0 Å². The van der Waals surface area contributed by atoms with Crippen molar-refractivity contribution in [3.8, 4) is 0 Å². The molecule has 2 unspecified atom stereocenters. The summed E-state index contributed by atoms with van der Waals surface area (Å²) in [5.74, 6) is 0. The van der Waals surface area contributed by atoms with Crippen molar-refractivity contribution in [2.24, 2.45) is 5.10 Å². The fourth-order valence-electron chi connectivity index (χ4n) is 1.21. The first-order valence-corrected chi connectivity index (χ1v) is 4.75. The Morgan fingerprint density at radius 3 is 3.15 bits per heavy atom. The van der Waals surface area contributed by atoms with E-state index in [-0.39, 0.29) is 18.8 Å². The molecule has 2 atom stereocenters. The number of hydrazone groups is 1. The van der Waals surface area contributed by atoms with Gasteiger partial charge in [0.2, 0.25) is 0 Å². The number of hydrogen-bond acceptors (Lipinski definition) is 4. The molecule has 0 amide bonds. The van der Waals surface area contributed by atoms with Gasteiger partial charge in [0.05, 0.1) is 25.4 Å². The molecule has 1 heterocycles. The lowest BCUT2D eigenvalue weighted by Crippen LogP contribution is -2.29. The second-order valence-electron chi connectivity index (χ2n) is 3.53. The molecule has 2 N–H and O–H groups in total. The van der Waals surface area contributed by atoms with Crippen molar-refractivity contribution in [2.75, 3.05) is 13.2 Å². The van der Waals surface area contributed by atoms with E-state index in [0.29, 0.717) is 0 Å². The third-order valence-electron chi connectivity index (χ3n) is 2.03. The van der Waals surface area contributed by atoms with Gasteiger partial charge in [0, 0.05) is 18.6 Å². The van der Waals surface area contributed by atoms with E-state index in [9.17, 15) is 0 Å². The van der Waals surface area contributed by atoms with Crippen molar-refractivity contribution in [3.05, 3.63) is 0 Å².